The zero-order chi connectivity index (χ0) is 20.3. The molecule has 0 aromatic heterocycles. The van der Waals surface area contributed by atoms with Gasteiger partial charge in [-0.3, -0.25) is 9.59 Å². The summed E-state index contributed by atoms with van der Waals surface area (Å²) in [6.45, 7) is 0.952. The first-order valence-electron chi connectivity index (χ1n) is 9.31. The van der Waals surface area contributed by atoms with Crippen molar-refractivity contribution in [2.24, 2.45) is 11.7 Å². The van der Waals surface area contributed by atoms with Gasteiger partial charge in [0.2, 0.25) is 21.8 Å². The summed E-state index contributed by atoms with van der Waals surface area (Å²) in [6.07, 6.45) is 2.82. The summed E-state index contributed by atoms with van der Waals surface area (Å²) < 4.78 is 32.7. The number of anilines is 1. The van der Waals surface area contributed by atoms with Gasteiger partial charge in [-0.05, 0) is 43.9 Å². The number of likely N-dealkylation sites (tertiary alicyclic amines) is 1. The number of hydrogen-bond donors (Lipinski definition) is 3. The molecule has 0 atom stereocenters. The largest absolute Gasteiger partial charge is 0.495 e. The van der Waals surface area contributed by atoms with Gasteiger partial charge in [-0.25, -0.2) is 13.1 Å². The van der Waals surface area contributed by atoms with E-state index in [0.29, 0.717) is 37.4 Å². The number of primary amides is 1. The molecule has 0 unspecified atom stereocenters. The van der Waals surface area contributed by atoms with E-state index in [0.717, 1.165) is 12.8 Å². The Kier molecular flexibility index (Phi) is 6.09. The van der Waals surface area contributed by atoms with Gasteiger partial charge in [-0.15, -0.1) is 0 Å². The quantitative estimate of drug-likeness (QED) is 0.564. The van der Waals surface area contributed by atoms with Crippen LogP contribution < -0.4 is 20.5 Å². The second-order valence-electron chi connectivity index (χ2n) is 7.17. The lowest BCUT2D eigenvalue weighted by molar-refractivity contribution is -0.133. The van der Waals surface area contributed by atoms with Crippen molar-refractivity contribution < 1.29 is 22.7 Å². The van der Waals surface area contributed by atoms with E-state index in [1.807, 2.05) is 0 Å². The van der Waals surface area contributed by atoms with Gasteiger partial charge < -0.3 is 20.7 Å². The van der Waals surface area contributed by atoms with E-state index in [4.69, 9.17) is 10.5 Å². The maximum atomic E-state index is 12.5. The summed E-state index contributed by atoms with van der Waals surface area (Å²) in [4.78, 5) is 25.5. The normalized spacial score (nSPS) is 18.0. The number of amides is 2. The average molecular weight is 410 g/mol. The fourth-order valence-electron chi connectivity index (χ4n) is 3.18. The molecule has 1 heterocycles. The number of ether oxygens (including phenoxy) is 1. The Morgan fingerprint density at radius 2 is 1.89 bits per heavy atom. The number of piperidine rings is 1. The summed E-state index contributed by atoms with van der Waals surface area (Å²) in [7, 11) is -2.12. The van der Waals surface area contributed by atoms with Crippen LogP contribution in [0.15, 0.2) is 23.1 Å². The SMILES string of the molecule is COc1ccc(S(=O)(=O)NC2CC2)cc1NCC(=O)N1CCC(C(N)=O)CC1. The van der Waals surface area contributed by atoms with Crippen molar-refractivity contribution in [2.45, 2.75) is 36.6 Å². The third kappa shape index (κ3) is 4.93. The molecule has 1 saturated carbocycles. The fraction of sp³-hybridized carbons (Fsp3) is 0.556. The van der Waals surface area contributed by atoms with Gasteiger partial charge in [0.1, 0.15) is 5.75 Å². The Morgan fingerprint density at radius 1 is 1.21 bits per heavy atom. The number of nitrogens with two attached hydrogens (primary N) is 1. The summed E-state index contributed by atoms with van der Waals surface area (Å²) in [5.41, 5.74) is 5.75. The number of carbonyl (C=O) groups is 2. The molecule has 28 heavy (non-hydrogen) atoms. The molecule has 0 radical (unpaired) electrons. The molecule has 1 saturated heterocycles. The molecule has 1 aliphatic carbocycles. The predicted octanol–water partition coefficient (Wildman–Crippen LogP) is 0.272. The van der Waals surface area contributed by atoms with Gasteiger partial charge >= 0.3 is 0 Å². The number of sulfonamides is 1. The minimum atomic E-state index is -3.60. The van der Waals surface area contributed by atoms with Crippen molar-refractivity contribution in [1.29, 1.82) is 0 Å². The Bertz CT molecular complexity index is 846. The highest BCUT2D eigenvalue weighted by atomic mass is 32.2. The summed E-state index contributed by atoms with van der Waals surface area (Å²) >= 11 is 0. The Labute approximate surface area is 164 Å². The molecule has 10 heteroatoms. The number of benzene rings is 1. The van der Waals surface area contributed by atoms with Gasteiger partial charge in [-0.2, -0.15) is 0 Å². The van der Waals surface area contributed by atoms with Crippen molar-refractivity contribution in [3.05, 3.63) is 18.2 Å². The number of hydrogen-bond acceptors (Lipinski definition) is 6. The number of nitrogens with zero attached hydrogens (tertiary/aromatic N) is 1. The molecule has 1 aliphatic heterocycles. The minimum absolute atomic E-state index is 0.00282. The lowest BCUT2D eigenvalue weighted by Crippen LogP contribution is -2.43. The first-order chi connectivity index (χ1) is 13.3. The highest BCUT2D eigenvalue weighted by molar-refractivity contribution is 7.89. The van der Waals surface area contributed by atoms with Crippen LogP contribution in [0.3, 0.4) is 0 Å². The van der Waals surface area contributed by atoms with Gasteiger partial charge in [0.25, 0.3) is 0 Å². The maximum Gasteiger partial charge on any atom is 0.241 e. The van der Waals surface area contributed by atoms with Gasteiger partial charge in [-0.1, -0.05) is 0 Å². The van der Waals surface area contributed by atoms with E-state index in [9.17, 15) is 18.0 Å². The second-order valence-corrected chi connectivity index (χ2v) is 8.88. The van der Waals surface area contributed by atoms with Crippen LogP contribution in [-0.2, 0) is 19.6 Å². The van der Waals surface area contributed by atoms with Crippen molar-refractivity contribution >= 4 is 27.5 Å². The molecule has 0 bridgehead atoms. The van der Waals surface area contributed by atoms with E-state index in [1.165, 1.54) is 19.2 Å². The Hall–Kier alpha value is -2.33. The number of rotatable bonds is 8. The highest BCUT2D eigenvalue weighted by Crippen LogP contribution is 2.29. The lowest BCUT2D eigenvalue weighted by Gasteiger charge is -2.30. The van der Waals surface area contributed by atoms with E-state index in [2.05, 4.69) is 10.0 Å². The smallest absolute Gasteiger partial charge is 0.241 e. The number of methoxy groups -OCH3 is 1. The van der Waals surface area contributed by atoms with E-state index in [1.54, 1.807) is 11.0 Å². The molecule has 2 aliphatic rings. The average Bonchev–Trinajstić information content (AvgIpc) is 3.49. The van der Waals surface area contributed by atoms with Crippen LogP contribution in [0.4, 0.5) is 5.69 Å². The van der Waals surface area contributed by atoms with Crippen LogP contribution in [0.2, 0.25) is 0 Å². The molecule has 1 aromatic carbocycles. The van der Waals surface area contributed by atoms with E-state index >= 15 is 0 Å². The minimum Gasteiger partial charge on any atom is -0.495 e. The summed E-state index contributed by atoms with van der Waals surface area (Å²) in [6, 6.07) is 4.52. The Balaban J connectivity index is 1.63. The molecular formula is C18H26N4O5S. The van der Waals surface area contributed by atoms with Crippen LogP contribution in [0.1, 0.15) is 25.7 Å². The number of carbonyl (C=O) groups excluding carboxylic acids is 2. The molecule has 154 valence electrons. The molecule has 2 amide bonds. The molecule has 9 nitrogen and oxygen atoms in total. The van der Waals surface area contributed by atoms with Crippen molar-refractivity contribution in [2.75, 3.05) is 32.1 Å². The van der Waals surface area contributed by atoms with Crippen molar-refractivity contribution in [3.63, 3.8) is 0 Å². The third-order valence-corrected chi connectivity index (χ3v) is 6.58. The molecule has 0 spiro atoms. The van der Waals surface area contributed by atoms with Crippen LogP contribution in [-0.4, -0.2) is 57.9 Å². The topological polar surface area (TPSA) is 131 Å². The van der Waals surface area contributed by atoms with Crippen LogP contribution in [0.25, 0.3) is 0 Å². The molecule has 4 N–H and O–H groups in total. The van der Waals surface area contributed by atoms with Crippen molar-refractivity contribution in [3.8, 4) is 5.75 Å². The standard InChI is InChI=1S/C18H26N4O5S/c1-27-16-5-4-14(28(25,26)21-13-2-3-13)10-15(16)20-11-17(23)22-8-6-12(7-9-22)18(19)24/h4-5,10,12-13,20-21H,2-3,6-9,11H2,1H3,(H2,19,24). The fourth-order valence-corrected chi connectivity index (χ4v) is 4.51. The second kappa shape index (κ2) is 8.36. The zero-order valence-electron chi connectivity index (χ0n) is 15.8. The maximum absolute atomic E-state index is 12.5. The predicted molar refractivity (Wildman–Crippen MR) is 103 cm³/mol. The van der Waals surface area contributed by atoms with Crippen LogP contribution in [0, 0.1) is 5.92 Å². The third-order valence-electron chi connectivity index (χ3n) is 5.06. The van der Waals surface area contributed by atoms with Gasteiger partial charge in [0.15, 0.2) is 0 Å². The molecule has 2 fully saturated rings. The van der Waals surface area contributed by atoms with Crippen molar-refractivity contribution in [1.82, 2.24) is 9.62 Å². The van der Waals surface area contributed by atoms with Crippen LogP contribution in [0.5, 0.6) is 5.75 Å². The van der Waals surface area contributed by atoms with Crippen LogP contribution >= 0.6 is 0 Å². The van der Waals surface area contributed by atoms with Gasteiger partial charge in [0, 0.05) is 25.0 Å². The first-order valence-corrected chi connectivity index (χ1v) is 10.8. The number of nitrogens with one attached hydrogen (secondary N) is 2. The molecular weight excluding hydrogens is 384 g/mol. The van der Waals surface area contributed by atoms with E-state index < -0.39 is 10.0 Å². The van der Waals surface area contributed by atoms with Gasteiger partial charge in [0.05, 0.1) is 24.2 Å². The summed E-state index contributed by atoms with van der Waals surface area (Å²) in [5.74, 6) is -0.189. The zero-order valence-corrected chi connectivity index (χ0v) is 16.6. The first kappa shape index (κ1) is 20.4. The monoisotopic (exact) mass is 410 g/mol. The molecule has 1 aromatic rings. The Morgan fingerprint density at radius 3 is 2.46 bits per heavy atom. The lowest BCUT2D eigenvalue weighted by atomic mass is 9.96. The molecule has 3 rings (SSSR count). The highest BCUT2D eigenvalue weighted by Gasteiger charge is 2.29. The summed E-state index contributed by atoms with van der Waals surface area (Å²) in [5, 5.41) is 2.98. The van der Waals surface area contributed by atoms with E-state index in [-0.39, 0.29) is 35.2 Å².